The van der Waals surface area contributed by atoms with E-state index in [2.05, 4.69) is 36.2 Å². The molecule has 146 valence electrons. The third-order valence-corrected chi connectivity index (χ3v) is 5.77. The Labute approximate surface area is 175 Å². The second-order valence-corrected chi connectivity index (χ2v) is 7.87. The number of fused-ring (bicyclic) bond motifs is 3. The van der Waals surface area contributed by atoms with Crippen LogP contribution in [-0.4, -0.2) is 17.8 Å². The maximum absolute atomic E-state index is 6.38. The van der Waals surface area contributed by atoms with E-state index in [1.165, 1.54) is 5.56 Å². The molecule has 0 fully saturated rings. The molecule has 5 rings (SSSR count). The van der Waals surface area contributed by atoms with Gasteiger partial charge in [0.2, 0.25) is 6.23 Å². The van der Waals surface area contributed by atoms with Crippen molar-refractivity contribution in [3.05, 3.63) is 94.0 Å². The van der Waals surface area contributed by atoms with Crippen molar-refractivity contribution in [2.75, 3.05) is 7.11 Å². The molecule has 0 saturated carbocycles. The lowest BCUT2D eigenvalue weighted by Gasteiger charge is -2.38. The Morgan fingerprint density at radius 2 is 1.79 bits per heavy atom. The van der Waals surface area contributed by atoms with Gasteiger partial charge in [0.15, 0.2) is 0 Å². The second-order valence-electron chi connectivity index (χ2n) is 7.44. The van der Waals surface area contributed by atoms with Gasteiger partial charge in [0, 0.05) is 22.6 Å². The second kappa shape index (κ2) is 7.12. The number of halogens is 1. The Bertz CT molecular complexity index is 1080. The van der Waals surface area contributed by atoms with E-state index >= 15 is 0 Å². The molecule has 0 amide bonds. The van der Waals surface area contributed by atoms with Crippen LogP contribution < -0.4 is 9.47 Å². The lowest BCUT2D eigenvalue weighted by atomic mass is 9.95. The van der Waals surface area contributed by atoms with Gasteiger partial charge >= 0.3 is 0 Å². The van der Waals surface area contributed by atoms with Crippen molar-refractivity contribution in [3.8, 4) is 11.5 Å². The summed E-state index contributed by atoms with van der Waals surface area (Å²) in [7, 11) is 1.67. The number of rotatable bonds is 3. The summed E-state index contributed by atoms with van der Waals surface area (Å²) in [6.45, 7) is 2.09. The summed E-state index contributed by atoms with van der Waals surface area (Å²) in [6.07, 6.45) is 0.509. The van der Waals surface area contributed by atoms with Crippen LogP contribution >= 0.6 is 11.6 Å². The number of hydrogen-bond donors (Lipinski definition) is 0. The van der Waals surface area contributed by atoms with Crippen molar-refractivity contribution in [1.29, 1.82) is 0 Å². The summed E-state index contributed by atoms with van der Waals surface area (Å²) in [5.41, 5.74) is 5.55. The van der Waals surface area contributed by atoms with Crippen molar-refractivity contribution in [3.63, 3.8) is 0 Å². The molecule has 29 heavy (non-hydrogen) atoms. The lowest BCUT2D eigenvalue weighted by molar-refractivity contribution is -0.0190. The minimum atomic E-state index is -0.303. The van der Waals surface area contributed by atoms with Gasteiger partial charge in [0.25, 0.3) is 0 Å². The van der Waals surface area contributed by atoms with Gasteiger partial charge in [0.05, 0.1) is 18.9 Å². The number of ether oxygens (including phenoxy) is 2. The number of hydrazone groups is 1. The fourth-order valence-electron chi connectivity index (χ4n) is 3.97. The molecule has 2 heterocycles. The van der Waals surface area contributed by atoms with E-state index in [0.29, 0.717) is 5.02 Å². The van der Waals surface area contributed by atoms with Crippen LogP contribution in [0, 0.1) is 6.92 Å². The number of benzene rings is 3. The average molecular weight is 405 g/mol. The minimum Gasteiger partial charge on any atom is -0.497 e. The molecule has 0 bridgehead atoms. The Balaban J connectivity index is 1.58. The molecule has 0 radical (unpaired) electrons. The van der Waals surface area contributed by atoms with Crippen LogP contribution in [0.2, 0.25) is 5.02 Å². The van der Waals surface area contributed by atoms with Crippen LogP contribution in [0.4, 0.5) is 0 Å². The monoisotopic (exact) mass is 404 g/mol. The Morgan fingerprint density at radius 1 is 1.03 bits per heavy atom. The molecule has 3 aromatic carbocycles. The third-order valence-electron chi connectivity index (χ3n) is 5.54. The van der Waals surface area contributed by atoms with Gasteiger partial charge in [-0.15, -0.1) is 0 Å². The van der Waals surface area contributed by atoms with E-state index in [0.717, 1.165) is 40.3 Å². The summed E-state index contributed by atoms with van der Waals surface area (Å²) in [5.74, 6) is 1.68. The van der Waals surface area contributed by atoms with Gasteiger partial charge in [-0.25, -0.2) is 5.01 Å². The molecule has 0 N–H and O–H groups in total. The Morgan fingerprint density at radius 3 is 2.52 bits per heavy atom. The highest BCUT2D eigenvalue weighted by Crippen LogP contribution is 2.48. The zero-order valence-corrected chi connectivity index (χ0v) is 17.1. The van der Waals surface area contributed by atoms with Crippen molar-refractivity contribution in [2.24, 2.45) is 5.10 Å². The van der Waals surface area contributed by atoms with Crippen molar-refractivity contribution in [1.82, 2.24) is 5.01 Å². The summed E-state index contributed by atoms with van der Waals surface area (Å²) in [6, 6.07) is 22.4. The SMILES string of the molecule is COc1ccc([C@H]2Oc3ccc(Cl)cc3[C@@H]3CC(c4ccc(C)cc4)=NN23)cc1. The normalized spacial score (nSPS) is 19.8. The Hall–Kier alpha value is -2.98. The van der Waals surface area contributed by atoms with Gasteiger partial charge in [-0.1, -0.05) is 41.4 Å². The zero-order chi connectivity index (χ0) is 20.0. The molecular weight excluding hydrogens is 384 g/mol. The van der Waals surface area contributed by atoms with E-state index < -0.39 is 0 Å². The molecule has 5 heteroatoms. The van der Waals surface area contributed by atoms with Crippen molar-refractivity contribution in [2.45, 2.75) is 25.6 Å². The maximum atomic E-state index is 6.38. The summed E-state index contributed by atoms with van der Waals surface area (Å²) in [4.78, 5) is 0. The van der Waals surface area contributed by atoms with Gasteiger partial charge in [-0.2, -0.15) is 5.10 Å². The molecule has 0 unspecified atom stereocenters. The number of methoxy groups -OCH3 is 1. The molecule has 0 aromatic heterocycles. The first-order valence-corrected chi connectivity index (χ1v) is 10.0. The van der Waals surface area contributed by atoms with Crippen molar-refractivity contribution < 1.29 is 9.47 Å². The lowest BCUT2D eigenvalue weighted by Crippen LogP contribution is -2.33. The summed E-state index contributed by atoms with van der Waals surface area (Å²) < 4.78 is 11.7. The zero-order valence-electron chi connectivity index (χ0n) is 16.3. The average Bonchev–Trinajstić information content (AvgIpc) is 3.20. The van der Waals surface area contributed by atoms with Crippen LogP contribution in [0.1, 0.15) is 40.9 Å². The van der Waals surface area contributed by atoms with Crippen LogP contribution in [0.15, 0.2) is 71.8 Å². The van der Waals surface area contributed by atoms with E-state index in [4.69, 9.17) is 26.2 Å². The fourth-order valence-corrected chi connectivity index (χ4v) is 4.15. The molecule has 0 saturated heterocycles. The molecular formula is C24H21ClN2O2. The molecule has 2 atom stereocenters. The summed E-state index contributed by atoms with van der Waals surface area (Å²) in [5, 5.41) is 7.76. The number of hydrogen-bond acceptors (Lipinski definition) is 4. The largest absolute Gasteiger partial charge is 0.497 e. The standard InChI is InChI=1S/C24H21ClN2O2/c1-15-3-5-16(6-4-15)21-14-22-20-13-18(25)9-12-23(20)29-24(27(22)26-21)17-7-10-19(28-2)11-8-17/h3-13,22,24H,14H2,1-2H3/t22-,24+/m0/s1. The van der Waals surface area contributed by atoms with Crippen LogP contribution in [0.25, 0.3) is 0 Å². The van der Waals surface area contributed by atoms with Crippen LogP contribution in [0.5, 0.6) is 11.5 Å². The Kier molecular flexibility index (Phi) is 4.44. The van der Waals surface area contributed by atoms with Gasteiger partial charge in [-0.3, -0.25) is 0 Å². The first kappa shape index (κ1) is 18.1. The minimum absolute atomic E-state index is 0.0841. The third kappa shape index (κ3) is 3.23. The van der Waals surface area contributed by atoms with Gasteiger partial charge < -0.3 is 9.47 Å². The molecule has 0 spiro atoms. The predicted octanol–water partition coefficient (Wildman–Crippen LogP) is 5.90. The number of nitrogens with zero attached hydrogens (tertiary/aromatic N) is 2. The van der Waals surface area contributed by atoms with E-state index in [1.54, 1.807) is 7.11 Å². The first-order chi connectivity index (χ1) is 14.1. The highest BCUT2D eigenvalue weighted by Gasteiger charge is 2.41. The topological polar surface area (TPSA) is 34.1 Å². The highest BCUT2D eigenvalue weighted by molar-refractivity contribution is 6.30. The first-order valence-electron chi connectivity index (χ1n) is 9.65. The smallest absolute Gasteiger partial charge is 0.213 e. The maximum Gasteiger partial charge on any atom is 0.213 e. The van der Waals surface area contributed by atoms with Crippen molar-refractivity contribution >= 4 is 17.3 Å². The van der Waals surface area contributed by atoms with Gasteiger partial charge in [-0.05, 0) is 55.0 Å². The van der Waals surface area contributed by atoms with Gasteiger partial charge in [0.1, 0.15) is 11.5 Å². The number of aryl methyl sites for hydroxylation is 1. The predicted molar refractivity (Wildman–Crippen MR) is 115 cm³/mol. The van der Waals surface area contributed by atoms with Crippen LogP contribution in [-0.2, 0) is 0 Å². The summed E-state index contributed by atoms with van der Waals surface area (Å²) >= 11 is 6.30. The molecule has 2 aliphatic rings. The molecule has 3 aromatic rings. The van der Waals surface area contributed by atoms with E-state index in [9.17, 15) is 0 Å². The van der Waals surface area contributed by atoms with E-state index in [1.807, 2.05) is 42.5 Å². The van der Waals surface area contributed by atoms with E-state index in [-0.39, 0.29) is 12.3 Å². The molecule has 0 aliphatic carbocycles. The van der Waals surface area contributed by atoms with Crippen LogP contribution in [0.3, 0.4) is 0 Å². The highest BCUT2D eigenvalue weighted by atomic mass is 35.5. The molecule has 4 nitrogen and oxygen atoms in total. The quantitative estimate of drug-likeness (QED) is 0.545. The molecule has 2 aliphatic heterocycles. The fraction of sp³-hybridized carbons (Fsp3) is 0.208.